The molecule has 1 saturated heterocycles. The third-order valence-electron chi connectivity index (χ3n) is 6.26. The molecule has 1 unspecified atom stereocenters. The molecular formula is C26H34N6O2. The molecule has 180 valence electrons. The Morgan fingerprint density at radius 2 is 1.88 bits per heavy atom. The van der Waals surface area contributed by atoms with Crippen molar-refractivity contribution in [1.82, 2.24) is 25.2 Å². The van der Waals surface area contributed by atoms with Crippen LogP contribution in [0.5, 0.6) is 5.75 Å². The Balaban J connectivity index is 1.65. The van der Waals surface area contributed by atoms with Crippen molar-refractivity contribution in [2.75, 3.05) is 52.3 Å². The van der Waals surface area contributed by atoms with Crippen LogP contribution < -0.4 is 15.0 Å². The number of nitrogens with zero attached hydrogens (tertiary/aromatic N) is 5. The fourth-order valence-corrected chi connectivity index (χ4v) is 4.20. The highest BCUT2D eigenvalue weighted by Crippen LogP contribution is 2.29. The van der Waals surface area contributed by atoms with Gasteiger partial charge in [0, 0.05) is 49.2 Å². The number of piperidine rings is 1. The lowest BCUT2D eigenvalue weighted by molar-refractivity contribution is 0.108. The first kappa shape index (κ1) is 24.1. The average molecular weight is 463 g/mol. The quantitative estimate of drug-likeness (QED) is 0.502. The summed E-state index contributed by atoms with van der Waals surface area (Å²) in [6.07, 6.45) is 5.20. The molecule has 3 heterocycles. The second-order valence-electron chi connectivity index (χ2n) is 8.87. The fourth-order valence-electron chi connectivity index (χ4n) is 4.20. The summed E-state index contributed by atoms with van der Waals surface area (Å²) >= 11 is 0. The van der Waals surface area contributed by atoms with Crippen molar-refractivity contribution in [3.8, 4) is 28.4 Å². The molecule has 0 spiro atoms. The van der Waals surface area contributed by atoms with Gasteiger partial charge in [-0.3, -0.25) is 4.98 Å². The number of likely N-dealkylation sites (N-methyl/N-ethyl adjacent to an activating group) is 1. The summed E-state index contributed by atoms with van der Waals surface area (Å²) in [5, 5.41) is 12.9. The molecule has 0 amide bonds. The SMILES string of the molecule is CNCC(O)COc1cccc(-c2nc(-c3ccncc3)cc(N(C)C3CCN(C)CC3)n2)c1. The Morgan fingerprint density at radius 1 is 1.12 bits per heavy atom. The van der Waals surface area contributed by atoms with Crippen molar-refractivity contribution in [3.05, 3.63) is 54.9 Å². The zero-order chi connectivity index (χ0) is 23.9. The molecule has 0 bridgehead atoms. The number of nitrogens with one attached hydrogen (secondary N) is 1. The van der Waals surface area contributed by atoms with Gasteiger partial charge in [-0.2, -0.15) is 0 Å². The Hall–Kier alpha value is -3.07. The lowest BCUT2D eigenvalue weighted by Gasteiger charge is -2.36. The largest absolute Gasteiger partial charge is 0.491 e. The molecule has 1 aliphatic heterocycles. The Morgan fingerprint density at radius 3 is 2.62 bits per heavy atom. The second kappa shape index (κ2) is 11.4. The molecule has 1 fully saturated rings. The highest BCUT2D eigenvalue weighted by atomic mass is 16.5. The smallest absolute Gasteiger partial charge is 0.162 e. The van der Waals surface area contributed by atoms with Crippen LogP contribution in [-0.4, -0.2) is 84.5 Å². The van der Waals surface area contributed by atoms with Crippen molar-refractivity contribution in [3.63, 3.8) is 0 Å². The summed E-state index contributed by atoms with van der Waals surface area (Å²) in [7, 11) is 6.10. The first-order valence-corrected chi connectivity index (χ1v) is 11.8. The minimum atomic E-state index is -0.574. The van der Waals surface area contributed by atoms with Crippen LogP contribution in [0.1, 0.15) is 12.8 Å². The van der Waals surface area contributed by atoms with Crippen LogP contribution in [0.4, 0.5) is 5.82 Å². The lowest BCUT2D eigenvalue weighted by atomic mass is 10.0. The minimum Gasteiger partial charge on any atom is -0.491 e. The number of aliphatic hydroxyl groups excluding tert-OH is 1. The minimum absolute atomic E-state index is 0.215. The molecule has 0 radical (unpaired) electrons. The number of benzene rings is 1. The molecule has 1 atom stereocenters. The molecule has 2 N–H and O–H groups in total. The summed E-state index contributed by atoms with van der Waals surface area (Å²) in [5.74, 6) is 2.23. The summed E-state index contributed by atoms with van der Waals surface area (Å²) in [6.45, 7) is 2.86. The Bertz CT molecular complexity index is 1060. The molecule has 8 heteroatoms. The van der Waals surface area contributed by atoms with Crippen molar-refractivity contribution >= 4 is 5.82 Å². The number of hydrogen-bond donors (Lipinski definition) is 2. The standard InChI is InChI=1S/C26H34N6O2/c1-27-17-22(33)18-34-23-6-4-5-20(15-23)26-29-24(19-7-11-28-12-8-19)16-25(30-26)32(3)21-9-13-31(2)14-10-21/h4-8,11-12,15-16,21-22,27,33H,9-10,13-14,17-18H2,1-3H3. The highest BCUT2D eigenvalue weighted by molar-refractivity contribution is 5.68. The van der Waals surface area contributed by atoms with Gasteiger partial charge < -0.3 is 25.0 Å². The molecule has 1 aliphatic rings. The average Bonchev–Trinajstić information content (AvgIpc) is 2.88. The molecule has 0 aliphatic carbocycles. The molecule has 2 aromatic heterocycles. The zero-order valence-corrected chi connectivity index (χ0v) is 20.2. The Kier molecular flexibility index (Phi) is 8.05. The Labute approximate surface area is 201 Å². The van der Waals surface area contributed by atoms with Crippen molar-refractivity contribution in [2.45, 2.75) is 25.0 Å². The maximum Gasteiger partial charge on any atom is 0.162 e. The van der Waals surface area contributed by atoms with E-state index in [1.807, 2.05) is 36.4 Å². The summed E-state index contributed by atoms with van der Waals surface area (Å²) in [5.41, 5.74) is 2.73. The van der Waals surface area contributed by atoms with Gasteiger partial charge in [-0.25, -0.2) is 9.97 Å². The van der Waals surface area contributed by atoms with E-state index in [9.17, 15) is 5.11 Å². The van der Waals surface area contributed by atoms with Crippen LogP contribution in [0.25, 0.3) is 22.6 Å². The normalized spacial score (nSPS) is 15.8. The van der Waals surface area contributed by atoms with Gasteiger partial charge in [-0.1, -0.05) is 12.1 Å². The number of ether oxygens (including phenoxy) is 1. The van der Waals surface area contributed by atoms with E-state index in [2.05, 4.69) is 40.3 Å². The number of aromatic nitrogens is 3. The van der Waals surface area contributed by atoms with Gasteiger partial charge in [0.1, 0.15) is 24.3 Å². The summed E-state index contributed by atoms with van der Waals surface area (Å²) < 4.78 is 5.81. The van der Waals surface area contributed by atoms with E-state index in [0.717, 1.165) is 48.6 Å². The summed E-state index contributed by atoms with van der Waals surface area (Å²) in [4.78, 5) is 18.7. The molecular weight excluding hydrogens is 428 g/mol. The van der Waals surface area contributed by atoms with Gasteiger partial charge in [0.15, 0.2) is 5.82 Å². The number of aliphatic hydroxyl groups is 1. The van der Waals surface area contributed by atoms with Crippen LogP contribution in [-0.2, 0) is 0 Å². The monoisotopic (exact) mass is 462 g/mol. The highest BCUT2D eigenvalue weighted by Gasteiger charge is 2.23. The van der Waals surface area contributed by atoms with Crippen LogP contribution >= 0.6 is 0 Å². The number of rotatable bonds is 9. The number of anilines is 1. The van der Waals surface area contributed by atoms with Gasteiger partial charge in [0.2, 0.25) is 0 Å². The number of hydrogen-bond acceptors (Lipinski definition) is 8. The van der Waals surface area contributed by atoms with E-state index in [-0.39, 0.29) is 6.61 Å². The van der Waals surface area contributed by atoms with Crippen molar-refractivity contribution in [2.24, 2.45) is 0 Å². The van der Waals surface area contributed by atoms with E-state index in [1.54, 1.807) is 19.4 Å². The predicted molar refractivity (Wildman–Crippen MR) is 135 cm³/mol. The number of likely N-dealkylation sites (tertiary alicyclic amines) is 1. The van der Waals surface area contributed by atoms with Crippen molar-refractivity contribution in [1.29, 1.82) is 0 Å². The summed E-state index contributed by atoms with van der Waals surface area (Å²) in [6, 6.07) is 14.2. The van der Waals surface area contributed by atoms with E-state index >= 15 is 0 Å². The van der Waals surface area contributed by atoms with E-state index in [4.69, 9.17) is 14.7 Å². The predicted octanol–water partition coefficient (Wildman–Crippen LogP) is 2.70. The molecule has 1 aromatic carbocycles. The third kappa shape index (κ3) is 6.08. The van der Waals surface area contributed by atoms with E-state index < -0.39 is 6.10 Å². The zero-order valence-electron chi connectivity index (χ0n) is 20.2. The lowest BCUT2D eigenvalue weighted by Crippen LogP contribution is -2.42. The molecule has 34 heavy (non-hydrogen) atoms. The second-order valence-corrected chi connectivity index (χ2v) is 8.87. The first-order valence-electron chi connectivity index (χ1n) is 11.8. The molecule has 0 saturated carbocycles. The third-order valence-corrected chi connectivity index (χ3v) is 6.26. The molecule has 4 rings (SSSR count). The first-order chi connectivity index (χ1) is 16.5. The maximum absolute atomic E-state index is 9.97. The van der Waals surface area contributed by atoms with Gasteiger partial charge in [0.25, 0.3) is 0 Å². The fraction of sp³-hybridized carbons (Fsp3) is 0.423. The van der Waals surface area contributed by atoms with Crippen molar-refractivity contribution < 1.29 is 9.84 Å². The van der Waals surface area contributed by atoms with Crippen LogP contribution in [0.15, 0.2) is 54.9 Å². The molecule has 8 nitrogen and oxygen atoms in total. The van der Waals surface area contributed by atoms with Gasteiger partial charge in [-0.15, -0.1) is 0 Å². The van der Waals surface area contributed by atoms with Crippen LogP contribution in [0.2, 0.25) is 0 Å². The molecule has 3 aromatic rings. The van der Waals surface area contributed by atoms with Crippen LogP contribution in [0, 0.1) is 0 Å². The van der Waals surface area contributed by atoms with Crippen LogP contribution in [0.3, 0.4) is 0 Å². The maximum atomic E-state index is 9.97. The van der Waals surface area contributed by atoms with E-state index in [1.165, 1.54) is 0 Å². The van der Waals surface area contributed by atoms with Gasteiger partial charge in [-0.05, 0) is 64.3 Å². The van der Waals surface area contributed by atoms with Gasteiger partial charge in [0.05, 0.1) is 5.69 Å². The van der Waals surface area contributed by atoms with Gasteiger partial charge >= 0.3 is 0 Å². The topological polar surface area (TPSA) is 86.6 Å². The number of pyridine rings is 1. The van der Waals surface area contributed by atoms with E-state index in [0.29, 0.717) is 24.2 Å².